The SMILES string of the molecule is O=[N+]([O-])c1cnc(Cl)nc1-c1cccc(C(F)(F)F)c1. The summed E-state index contributed by atoms with van der Waals surface area (Å²) in [5.74, 6) is 0. The van der Waals surface area contributed by atoms with E-state index >= 15 is 0 Å². The van der Waals surface area contributed by atoms with Crippen LogP contribution in [0, 0.1) is 10.1 Å². The zero-order valence-electron chi connectivity index (χ0n) is 9.56. The van der Waals surface area contributed by atoms with E-state index in [0.29, 0.717) is 0 Å². The molecule has 0 bridgehead atoms. The number of alkyl halides is 3. The Labute approximate surface area is 115 Å². The van der Waals surface area contributed by atoms with E-state index in [1.54, 1.807) is 0 Å². The van der Waals surface area contributed by atoms with Gasteiger partial charge in [0.1, 0.15) is 6.20 Å². The molecule has 1 aromatic carbocycles. The fourth-order valence-corrected chi connectivity index (χ4v) is 1.68. The minimum Gasteiger partial charge on any atom is -0.258 e. The quantitative estimate of drug-likeness (QED) is 0.481. The minimum absolute atomic E-state index is 0.0594. The Morgan fingerprint density at radius 2 is 2.00 bits per heavy atom. The van der Waals surface area contributed by atoms with Gasteiger partial charge in [0.15, 0.2) is 5.69 Å². The van der Waals surface area contributed by atoms with Crippen molar-refractivity contribution in [3.8, 4) is 11.3 Å². The molecule has 1 heterocycles. The summed E-state index contributed by atoms with van der Waals surface area (Å²) in [6.45, 7) is 0. The van der Waals surface area contributed by atoms with E-state index in [0.717, 1.165) is 24.4 Å². The van der Waals surface area contributed by atoms with E-state index in [1.165, 1.54) is 6.07 Å². The van der Waals surface area contributed by atoms with Crippen molar-refractivity contribution in [1.29, 1.82) is 0 Å². The van der Waals surface area contributed by atoms with Crippen molar-refractivity contribution >= 4 is 17.3 Å². The highest BCUT2D eigenvalue weighted by atomic mass is 35.5. The summed E-state index contributed by atoms with van der Waals surface area (Å²) in [6, 6.07) is 4.04. The standard InChI is InChI=1S/C11H5ClF3N3O2/c12-10-16-5-8(18(19)20)9(17-10)6-2-1-3-7(4-6)11(13,14)15/h1-5H. The number of aromatic nitrogens is 2. The molecule has 0 aliphatic carbocycles. The minimum atomic E-state index is -4.55. The maximum atomic E-state index is 12.6. The third kappa shape index (κ3) is 2.85. The highest BCUT2D eigenvalue weighted by molar-refractivity contribution is 6.28. The van der Waals surface area contributed by atoms with Crippen LogP contribution in [0.1, 0.15) is 5.56 Å². The summed E-state index contributed by atoms with van der Waals surface area (Å²) in [5, 5.41) is 10.6. The van der Waals surface area contributed by atoms with Gasteiger partial charge in [0.25, 0.3) is 0 Å². The van der Waals surface area contributed by atoms with Gasteiger partial charge in [-0.2, -0.15) is 13.2 Å². The zero-order valence-corrected chi connectivity index (χ0v) is 10.3. The summed E-state index contributed by atoms with van der Waals surface area (Å²) in [4.78, 5) is 17.1. The summed E-state index contributed by atoms with van der Waals surface area (Å²) in [7, 11) is 0. The highest BCUT2D eigenvalue weighted by Gasteiger charge is 2.31. The molecule has 5 nitrogen and oxygen atoms in total. The molecule has 0 saturated carbocycles. The first-order valence-corrected chi connectivity index (χ1v) is 5.51. The van der Waals surface area contributed by atoms with Crippen LogP contribution in [0.4, 0.5) is 18.9 Å². The summed E-state index contributed by atoms with van der Waals surface area (Å²) < 4.78 is 37.9. The number of hydrogen-bond donors (Lipinski definition) is 0. The molecule has 0 radical (unpaired) electrons. The van der Waals surface area contributed by atoms with Gasteiger partial charge in [-0.05, 0) is 23.7 Å². The Balaban J connectivity index is 2.62. The van der Waals surface area contributed by atoms with Crippen molar-refractivity contribution in [2.45, 2.75) is 6.18 Å². The second-order valence-electron chi connectivity index (χ2n) is 3.71. The molecule has 1 aromatic heterocycles. The van der Waals surface area contributed by atoms with Crippen molar-refractivity contribution in [2.24, 2.45) is 0 Å². The maximum absolute atomic E-state index is 12.6. The lowest BCUT2D eigenvalue weighted by Gasteiger charge is -2.08. The lowest BCUT2D eigenvalue weighted by molar-refractivity contribution is -0.384. The van der Waals surface area contributed by atoms with Gasteiger partial charge in [0.05, 0.1) is 10.5 Å². The van der Waals surface area contributed by atoms with E-state index in [-0.39, 0.29) is 16.5 Å². The Morgan fingerprint density at radius 3 is 2.60 bits per heavy atom. The lowest BCUT2D eigenvalue weighted by Crippen LogP contribution is -2.05. The van der Waals surface area contributed by atoms with Crippen LogP contribution in [0.2, 0.25) is 5.28 Å². The van der Waals surface area contributed by atoms with Gasteiger partial charge in [0, 0.05) is 5.56 Å². The molecule has 0 atom stereocenters. The van der Waals surface area contributed by atoms with E-state index in [9.17, 15) is 23.3 Å². The van der Waals surface area contributed by atoms with Gasteiger partial charge < -0.3 is 0 Å². The predicted octanol–water partition coefficient (Wildman–Crippen LogP) is 3.72. The molecular weight excluding hydrogens is 299 g/mol. The molecule has 2 rings (SSSR count). The van der Waals surface area contributed by atoms with Gasteiger partial charge in [-0.15, -0.1) is 0 Å². The fourth-order valence-electron chi connectivity index (χ4n) is 1.54. The van der Waals surface area contributed by atoms with E-state index in [4.69, 9.17) is 11.6 Å². The number of hydrogen-bond acceptors (Lipinski definition) is 4. The lowest BCUT2D eigenvalue weighted by atomic mass is 10.1. The molecule has 0 unspecified atom stereocenters. The highest BCUT2D eigenvalue weighted by Crippen LogP contribution is 2.34. The number of benzene rings is 1. The van der Waals surface area contributed by atoms with E-state index < -0.39 is 22.4 Å². The first-order valence-electron chi connectivity index (χ1n) is 5.13. The van der Waals surface area contributed by atoms with Gasteiger partial charge >= 0.3 is 11.9 Å². The molecule has 0 aliphatic heterocycles. The molecule has 9 heteroatoms. The Kier molecular flexibility index (Phi) is 3.58. The fraction of sp³-hybridized carbons (Fsp3) is 0.0909. The van der Waals surface area contributed by atoms with Gasteiger partial charge in [-0.1, -0.05) is 12.1 Å². The second kappa shape index (κ2) is 5.04. The van der Waals surface area contributed by atoms with Crippen LogP contribution in [0.3, 0.4) is 0 Å². The third-order valence-corrected chi connectivity index (χ3v) is 2.58. The Hall–Kier alpha value is -2.22. The monoisotopic (exact) mass is 303 g/mol. The van der Waals surface area contributed by atoms with Gasteiger partial charge in [0.2, 0.25) is 5.28 Å². The molecule has 20 heavy (non-hydrogen) atoms. The van der Waals surface area contributed by atoms with E-state index in [1.807, 2.05) is 0 Å². The van der Waals surface area contributed by atoms with Crippen LogP contribution in [-0.4, -0.2) is 14.9 Å². The van der Waals surface area contributed by atoms with Crippen LogP contribution in [0.15, 0.2) is 30.5 Å². The van der Waals surface area contributed by atoms with Crippen LogP contribution in [0.25, 0.3) is 11.3 Å². The molecule has 0 N–H and O–H groups in total. The first kappa shape index (κ1) is 14.2. The second-order valence-corrected chi connectivity index (χ2v) is 4.05. The largest absolute Gasteiger partial charge is 0.416 e. The van der Waals surface area contributed by atoms with Crippen LogP contribution in [-0.2, 0) is 6.18 Å². The van der Waals surface area contributed by atoms with Crippen molar-refractivity contribution in [1.82, 2.24) is 9.97 Å². The molecule has 2 aromatic rings. The summed E-state index contributed by atoms with van der Waals surface area (Å²) in [5.41, 5.74) is -1.77. The molecule has 0 aliphatic rings. The topological polar surface area (TPSA) is 68.9 Å². The molecule has 0 amide bonds. The van der Waals surface area contributed by atoms with Crippen LogP contribution < -0.4 is 0 Å². The maximum Gasteiger partial charge on any atom is 0.416 e. The summed E-state index contributed by atoms with van der Waals surface area (Å²) >= 11 is 5.53. The number of nitrogens with zero attached hydrogens (tertiary/aromatic N) is 3. The van der Waals surface area contributed by atoms with Crippen molar-refractivity contribution in [2.75, 3.05) is 0 Å². The van der Waals surface area contributed by atoms with Crippen molar-refractivity contribution in [3.63, 3.8) is 0 Å². The number of nitro groups is 1. The molecule has 0 spiro atoms. The normalized spacial score (nSPS) is 11.4. The van der Waals surface area contributed by atoms with Gasteiger partial charge in [-0.3, -0.25) is 10.1 Å². The smallest absolute Gasteiger partial charge is 0.258 e. The number of rotatable bonds is 2. The predicted molar refractivity (Wildman–Crippen MR) is 64.1 cm³/mol. The summed E-state index contributed by atoms with van der Waals surface area (Å²) in [6.07, 6.45) is -3.70. The van der Waals surface area contributed by atoms with Crippen molar-refractivity contribution < 1.29 is 18.1 Å². The average Bonchev–Trinajstić information content (AvgIpc) is 2.37. The zero-order chi connectivity index (χ0) is 14.9. The molecule has 0 fully saturated rings. The van der Waals surface area contributed by atoms with Crippen LogP contribution in [0.5, 0.6) is 0 Å². The number of halogens is 4. The van der Waals surface area contributed by atoms with Crippen molar-refractivity contribution in [3.05, 3.63) is 51.4 Å². The molecule has 104 valence electrons. The Morgan fingerprint density at radius 1 is 1.30 bits per heavy atom. The first-order chi connectivity index (χ1) is 9.29. The average molecular weight is 304 g/mol. The van der Waals surface area contributed by atoms with Gasteiger partial charge in [-0.25, -0.2) is 9.97 Å². The molecule has 0 saturated heterocycles. The van der Waals surface area contributed by atoms with Crippen LogP contribution >= 0.6 is 11.6 Å². The molecular formula is C11H5ClF3N3O2. The third-order valence-electron chi connectivity index (χ3n) is 2.40. The Bertz CT molecular complexity index is 676. The van der Waals surface area contributed by atoms with E-state index in [2.05, 4.69) is 9.97 Å².